The number of nitrogens with zero attached hydrogens (tertiary/aromatic N) is 5. The number of fused-ring (bicyclic) bond motifs is 1. The summed E-state index contributed by atoms with van der Waals surface area (Å²) in [7, 11) is 0. The summed E-state index contributed by atoms with van der Waals surface area (Å²) in [6.07, 6.45) is 5.17. The third-order valence-electron chi connectivity index (χ3n) is 5.09. The highest BCUT2D eigenvalue weighted by Crippen LogP contribution is 2.37. The molecule has 1 aliphatic heterocycles. The van der Waals surface area contributed by atoms with Gasteiger partial charge in [0, 0.05) is 48.2 Å². The molecule has 0 aromatic carbocycles. The molecule has 5 heterocycles. The molecule has 1 saturated heterocycles. The summed E-state index contributed by atoms with van der Waals surface area (Å²) in [5.41, 5.74) is 9.78. The van der Waals surface area contributed by atoms with Crippen molar-refractivity contribution in [3.8, 4) is 28.4 Å². The van der Waals surface area contributed by atoms with Gasteiger partial charge in [-0.15, -0.1) is 0 Å². The van der Waals surface area contributed by atoms with Crippen molar-refractivity contribution in [3.63, 3.8) is 0 Å². The van der Waals surface area contributed by atoms with E-state index in [9.17, 15) is 0 Å². The van der Waals surface area contributed by atoms with Crippen LogP contribution in [-0.2, 0) is 4.74 Å². The van der Waals surface area contributed by atoms with Crippen LogP contribution < -0.4 is 15.4 Å². The van der Waals surface area contributed by atoms with E-state index in [-0.39, 0.29) is 6.73 Å². The average Bonchev–Trinajstić information content (AvgIpc) is 3.34. The van der Waals surface area contributed by atoms with Gasteiger partial charge in [-0.2, -0.15) is 5.10 Å². The molecule has 0 bridgehead atoms. The molecular weight excluding hydrogens is 382 g/mol. The van der Waals surface area contributed by atoms with Gasteiger partial charge < -0.3 is 14.4 Å². The van der Waals surface area contributed by atoms with Gasteiger partial charge in [-0.1, -0.05) is 0 Å². The summed E-state index contributed by atoms with van der Waals surface area (Å²) < 4.78 is 11.1. The number of rotatable bonds is 5. The van der Waals surface area contributed by atoms with E-state index >= 15 is 0 Å². The van der Waals surface area contributed by atoms with Gasteiger partial charge in [-0.25, -0.2) is 9.97 Å². The maximum atomic E-state index is 5.64. The fourth-order valence-corrected chi connectivity index (χ4v) is 3.69. The van der Waals surface area contributed by atoms with Crippen LogP contribution in [0.5, 0.6) is 5.88 Å². The first-order valence-corrected chi connectivity index (χ1v) is 9.75. The van der Waals surface area contributed by atoms with Crippen molar-refractivity contribution >= 4 is 16.7 Å². The highest BCUT2D eigenvalue weighted by atomic mass is 16.5. The largest absolute Gasteiger partial charge is 0.462 e. The van der Waals surface area contributed by atoms with Gasteiger partial charge in [0.15, 0.2) is 0 Å². The molecule has 0 aliphatic carbocycles. The number of nitrogens with one attached hydrogen (secondary N) is 1. The maximum absolute atomic E-state index is 5.64. The van der Waals surface area contributed by atoms with Crippen LogP contribution in [0.1, 0.15) is 0 Å². The van der Waals surface area contributed by atoms with E-state index in [1.54, 1.807) is 18.6 Å². The summed E-state index contributed by atoms with van der Waals surface area (Å²) in [5.74, 6) is 1.34. The summed E-state index contributed by atoms with van der Waals surface area (Å²) in [6.45, 7) is 2.94. The van der Waals surface area contributed by atoms with Crippen molar-refractivity contribution in [2.24, 2.45) is 5.73 Å². The second-order valence-electron chi connectivity index (χ2n) is 6.82. The summed E-state index contributed by atoms with van der Waals surface area (Å²) >= 11 is 0. The van der Waals surface area contributed by atoms with Gasteiger partial charge >= 0.3 is 0 Å². The van der Waals surface area contributed by atoms with E-state index in [1.165, 1.54) is 0 Å². The number of hydrogen-bond donors (Lipinski definition) is 2. The lowest BCUT2D eigenvalue weighted by atomic mass is 10.0. The number of ether oxygens (including phenoxy) is 2. The Morgan fingerprint density at radius 3 is 2.77 bits per heavy atom. The number of aromatic amines is 1. The third kappa shape index (κ3) is 3.34. The molecular formula is C21H21N7O2. The first-order valence-electron chi connectivity index (χ1n) is 9.75. The van der Waals surface area contributed by atoms with Crippen LogP contribution >= 0.6 is 0 Å². The minimum absolute atomic E-state index is 0.0459. The molecule has 4 aromatic heterocycles. The number of morpholine rings is 1. The highest BCUT2D eigenvalue weighted by Gasteiger charge is 2.20. The van der Waals surface area contributed by atoms with Crippen LogP contribution in [0, 0.1) is 0 Å². The van der Waals surface area contributed by atoms with Gasteiger partial charge in [0.2, 0.25) is 5.88 Å². The van der Waals surface area contributed by atoms with Crippen molar-refractivity contribution in [3.05, 3.63) is 48.9 Å². The zero-order chi connectivity index (χ0) is 20.3. The molecule has 30 heavy (non-hydrogen) atoms. The van der Waals surface area contributed by atoms with Gasteiger partial charge in [0.1, 0.15) is 23.8 Å². The first kappa shape index (κ1) is 18.5. The summed E-state index contributed by atoms with van der Waals surface area (Å²) in [6, 6.07) is 9.78. The van der Waals surface area contributed by atoms with Crippen molar-refractivity contribution in [1.82, 2.24) is 25.1 Å². The molecule has 5 rings (SSSR count). The van der Waals surface area contributed by atoms with E-state index in [0.717, 1.165) is 52.3 Å². The molecule has 4 aromatic rings. The minimum Gasteiger partial charge on any atom is -0.462 e. The zero-order valence-corrected chi connectivity index (χ0v) is 16.3. The molecule has 9 heteroatoms. The molecule has 0 radical (unpaired) electrons. The Labute approximate surface area is 172 Å². The zero-order valence-electron chi connectivity index (χ0n) is 16.3. The van der Waals surface area contributed by atoms with Crippen LogP contribution in [0.4, 0.5) is 5.82 Å². The van der Waals surface area contributed by atoms with Crippen molar-refractivity contribution in [2.75, 3.05) is 37.9 Å². The SMILES string of the molecule is NCOc1ncccc1-c1cc(N2CCOCC2)nc2c(-c3ccn[nH]3)nccc12. The molecule has 0 amide bonds. The quantitative estimate of drug-likeness (QED) is 0.488. The fourth-order valence-electron chi connectivity index (χ4n) is 3.69. The Kier molecular flexibility index (Phi) is 4.96. The van der Waals surface area contributed by atoms with Crippen LogP contribution in [0.3, 0.4) is 0 Å². The van der Waals surface area contributed by atoms with Crippen molar-refractivity contribution in [2.45, 2.75) is 0 Å². The molecule has 9 nitrogen and oxygen atoms in total. The molecule has 0 unspecified atom stereocenters. The molecule has 0 spiro atoms. The number of anilines is 1. The molecule has 0 atom stereocenters. The lowest BCUT2D eigenvalue weighted by Crippen LogP contribution is -2.36. The van der Waals surface area contributed by atoms with Crippen molar-refractivity contribution in [1.29, 1.82) is 0 Å². The third-order valence-corrected chi connectivity index (χ3v) is 5.09. The van der Waals surface area contributed by atoms with E-state index in [0.29, 0.717) is 19.1 Å². The molecule has 1 fully saturated rings. The minimum atomic E-state index is 0.0459. The van der Waals surface area contributed by atoms with E-state index in [4.69, 9.17) is 20.2 Å². The topological polar surface area (TPSA) is 115 Å². The smallest absolute Gasteiger partial charge is 0.222 e. The number of aromatic nitrogens is 5. The van der Waals surface area contributed by atoms with Crippen LogP contribution in [-0.4, -0.2) is 58.2 Å². The normalized spacial score (nSPS) is 14.2. The Morgan fingerprint density at radius 2 is 1.97 bits per heavy atom. The predicted octanol–water partition coefficient (Wildman–Crippen LogP) is 2.21. The predicted molar refractivity (Wildman–Crippen MR) is 113 cm³/mol. The monoisotopic (exact) mass is 403 g/mol. The summed E-state index contributed by atoms with van der Waals surface area (Å²) in [4.78, 5) is 16.2. The molecule has 1 aliphatic rings. The van der Waals surface area contributed by atoms with Crippen molar-refractivity contribution < 1.29 is 9.47 Å². The van der Waals surface area contributed by atoms with E-state index in [2.05, 4.69) is 31.1 Å². The average molecular weight is 403 g/mol. The van der Waals surface area contributed by atoms with Gasteiger partial charge in [-0.3, -0.25) is 15.8 Å². The number of hydrogen-bond acceptors (Lipinski definition) is 8. The van der Waals surface area contributed by atoms with Crippen LogP contribution in [0.25, 0.3) is 33.4 Å². The molecule has 3 N–H and O–H groups in total. The Morgan fingerprint density at radius 1 is 1.07 bits per heavy atom. The maximum Gasteiger partial charge on any atom is 0.222 e. The standard InChI is InChI=1S/C21H21N7O2/c22-13-30-21-15(2-1-5-24-21)16-12-18(28-8-10-29-11-9-28)26-19-14(16)3-6-23-20(19)17-4-7-25-27-17/h1-7,12H,8-11,13,22H2,(H,25,27). The first-order chi connectivity index (χ1) is 14.8. The molecule has 152 valence electrons. The van der Waals surface area contributed by atoms with Crippen LogP contribution in [0.2, 0.25) is 0 Å². The second-order valence-corrected chi connectivity index (χ2v) is 6.82. The summed E-state index contributed by atoms with van der Waals surface area (Å²) in [5, 5.41) is 8.01. The number of nitrogens with two attached hydrogens (primary N) is 1. The fraction of sp³-hybridized carbons (Fsp3) is 0.238. The lowest BCUT2D eigenvalue weighted by molar-refractivity contribution is 0.122. The second kappa shape index (κ2) is 8.05. The molecule has 0 saturated carbocycles. The highest BCUT2D eigenvalue weighted by molar-refractivity contribution is 6.02. The van der Waals surface area contributed by atoms with E-state index in [1.807, 2.05) is 24.3 Å². The Bertz CT molecular complexity index is 1160. The van der Waals surface area contributed by atoms with E-state index < -0.39 is 0 Å². The van der Waals surface area contributed by atoms with Crippen LogP contribution in [0.15, 0.2) is 48.9 Å². The Balaban J connectivity index is 1.78. The number of H-pyrrole nitrogens is 1. The Hall–Kier alpha value is -3.56. The number of pyridine rings is 3. The lowest BCUT2D eigenvalue weighted by Gasteiger charge is -2.28. The van der Waals surface area contributed by atoms with Gasteiger partial charge in [0.25, 0.3) is 0 Å². The van der Waals surface area contributed by atoms with Gasteiger partial charge in [0.05, 0.1) is 18.9 Å². The van der Waals surface area contributed by atoms with Gasteiger partial charge in [-0.05, 0) is 30.3 Å².